The van der Waals surface area contributed by atoms with Crippen LogP contribution in [0.15, 0.2) is 54.6 Å². The fourth-order valence-electron chi connectivity index (χ4n) is 4.89. The van der Waals surface area contributed by atoms with Gasteiger partial charge in [0.15, 0.2) is 0 Å². The van der Waals surface area contributed by atoms with Gasteiger partial charge in [-0.1, -0.05) is 54.3 Å². The molecule has 0 aromatic heterocycles. The molecular formula is C26H26N2O3. The smallest absolute Gasteiger partial charge is 0.242 e. The molecule has 5 nitrogen and oxygen atoms in total. The number of piperazine rings is 1. The first-order chi connectivity index (χ1) is 15.2. The van der Waals surface area contributed by atoms with Crippen molar-refractivity contribution in [2.24, 2.45) is 5.92 Å². The van der Waals surface area contributed by atoms with Crippen LogP contribution in [0, 0.1) is 17.8 Å². The van der Waals surface area contributed by atoms with Crippen LogP contribution in [0.25, 0.3) is 0 Å². The molecule has 2 saturated heterocycles. The highest BCUT2D eigenvalue weighted by Crippen LogP contribution is 2.43. The lowest BCUT2D eigenvalue weighted by atomic mass is 9.73. The normalized spacial score (nSPS) is 24.7. The molecule has 3 atom stereocenters. The van der Waals surface area contributed by atoms with E-state index in [0.717, 1.165) is 24.0 Å². The molecule has 31 heavy (non-hydrogen) atoms. The quantitative estimate of drug-likeness (QED) is 0.781. The van der Waals surface area contributed by atoms with Gasteiger partial charge in [0, 0.05) is 30.4 Å². The molecule has 3 aliphatic rings. The first-order valence-corrected chi connectivity index (χ1v) is 11.0. The van der Waals surface area contributed by atoms with E-state index in [4.69, 9.17) is 0 Å². The molecule has 2 amide bonds. The number of benzene rings is 2. The van der Waals surface area contributed by atoms with E-state index in [9.17, 15) is 14.7 Å². The van der Waals surface area contributed by atoms with Crippen molar-refractivity contribution in [3.8, 4) is 11.8 Å². The molecular weight excluding hydrogens is 388 g/mol. The first kappa shape index (κ1) is 19.8. The molecule has 2 aromatic carbocycles. The van der Waals surface area contributed by atoms with Crippen LogP contribution in [0.4, 0.5) is 0 Å². The van der Waals surface area contributed by atoms with E-state index in [1.54, 1.807) is 9.80 Å². The third-order valence-corrected chi connectivity index (χ3v) is 6.65. The second-order valence-corrected chi connectivity index (χ2v) is 8.72. The van der Waals surface area contributed by atoms with E-state index < -0.39 is 0 Å². The van der Waals surface area contributed by atoms with E-state index in [1.807, 2.05) is 42.5 Å². The zero-order chi connectivity index (χ0) is 21.4. The number of hydrogen-bond donors (Lipinski definition) is 1. The molecule has 0 spiro atoms. The molecule has 2 heterocycles. The summed E-state index contributed by atoms with van der Waals surface area (Å²) in [5.74, 6) is 6.63. The third-order valence-electron chi connectivity index (χ3n) is 6.65. The van der Waals surface area contributed by atoms with Crippen molar-refractivity contribution in [3.05, 3.63) is 71.3 Å². The SMILES string of the molecule is O=C(C1CC1)N1CC(=O)N2[C@H](CO)[C@@H](c3ccc(C#CCc4ccccc4)cc3)[C@@H]2C1. The lowest BCUT2D eigenvalue weighted by Crippen LogP contribution is -2.73. The van der Waals surface area contributed by atoms with Crippen molar-refractivity contribution < 1.29 is 14.7 Å². The van der Waals surface area contributed by atoms with Gasteiger partial charge in [-0.15, -0.1) is 0 Å². The predicted molar refractivity (Wildman–Crippen MR) is 117 cm³/mol. The Kier molecular flexibility index (Phi) is 5.25. The monoisotopic (exact) mass is 414 g/mol. The molecule has 2 aliphatic heterocycles. The lowest BCUT2D eigenvalue weighted by molar-refractivity contribution is -0.167. The van der Waals surface area contributed by atoms with Gasteiger partial charge in [-0.05, 0) is 36.1 Å². The molecule has 158 valence electrons. The molecule has 5 rings (SSSR count). The van der Waals surface area contributed by atoms with Crippen LogP contribution in [-0.4, -0.2) is 58.5 Å². The van der Waals surface area contributed by atoms with Crippen LogP contribution < -0.4 is 0 Å². The highest BCUT2D eigenvalue weighted by Gasteiger charge is 2.55. The summed E-state index contributed by atoms with van der Waals surface area (Å²) in [6, 6.07) is 18.0. The van der Waals surface area contributed by atoms with E-state index in [-0.39, 0.29) is 48.9 Å². The van der Waals surface area contributed by atoms with Gasteiger partial charge < -0.3 is 14.9 Å². The van der Waals surface area contributed by atoms with Crippen LogP contribution in [0.1, 0.15) is 35.4 Å². The largest absolute Gasteiger partial charge is 0.394 e. The van der Waals surface area contributed by atoms with E-state index in [2.05, 4.69) is 24.0 Å². The summed E-state index contributed by atoms with van der Waals surface area (Å²) in [6.07, 6.45) is 2.59. The average Bonchev–Trinajstić information content (AvgIpc) is 3.62. The number of rotatable bonds is 4. The fourth-order valence-corrected chi connectivity index (χ4v) is 4.89. The van der Waals surface area contributed by atoms with Gasteiger partial charge in [-0.2, -0.15) is 0 Å². The Morgan fingerprint density at radius 3 is 2.48 bits per heavy atom. The molecule has 0 radical (unpaired) electrons. The Balaban J connectivity index is 1.29. The second kappa shape index (κ2) is 8.20. The number of hydrogen-bond acceptors (Lipinski definition) is 3. The van der Waals surface area contributed by atoms with Gasteiger partial charge in [-0.25, -0.2) is 0 Å². The topological polar surface area (TPSA) is 60.9 Å². The maximum absolute atomic E-state index is 12.7. The Bertz CT molecular complexity index is 1030. The summed E-state index contributed by atoms with van der Waals surface area (Å²) >= 11 is 0. The second-order valence-electron chi connectivity index (χ2n) is 8.72. The molecule has 1 aliphatic carbocycles. The molecule has 5 heteroatoms. The Morgan fingerprint density at radius 1 is 1.06 bits per heavy atom. The summed E-state index contributed by atoms with van der Waals surface area (Å²) in [6.45, 7) is 0.633. The Morgan fingerprint density at radius 2 is 1.81 bits per heavy atom. The number of carbonyl (C=O) groups is 2. The summed E-state index contributed by atoms with van der Waals surface area (Å²) < 4.78 is 0. The highest BCUT2D eigenvalue weighted by molar-refractivity contribution is 5.89. The molecule has 2 aromatic rings. The number of nitrogens with zero attached hydrogens (tertiary/aromatic N) is 2. The molecule has 3 fully saturated rings. The van der Waals surface area contributed by atoms with Crippen LogP contribution >= 0.6 is 0 Å². The molecule has 1 N–H and O–H groups in total. The number of amides is 2. The van der Waals surface area contributed by atoms with Crippen LogP contribution in [0.3, 0.4) is 0 Å². The first-order valence-electron chi connectivity index (χ1n) is 11.0. The molecule has 1 saturated carbocycles. The maximum atomic E-state index is 12.7. The zero-order valence-electron chi connectivity index (χ0n) is 17.4. The number of aliphatic hydroxyl groups is 1. The standard InChI is InChI=1S/C26H26N2O3/c29-17-23-25(22-15-27(16-24(30)28(22)23)26(31)21-13-14-21)20-11-9-19(10-12-20)8-4-7-18-5-2-1-3-6-18/h1-3,5-6,9-12,21-23,25,29H,7,13-17H2/t22-,23+,25-/m0/s1. The van der Waals surface area contributed by atoms with Gasteiger partial charge in [0.2, 0.25) is 11.8 Å². The minimum atomic E-state index is -0.217. The minimum Gasteiger partial charge on any atom is -0.394 e. The van der Waals surface area contributed by atoms with E-state index in [1.165, 1.54) is 5.56 Å². The van der Waals surface area contributed by atoms with Crippen LogP contribution in [-0.2, 0) is 16.0 Å². The highest BCUT2D eigenvalue weighted by atomic mass is 16.3. The molecule has 0 bridgehead atoms. The van der Waals surface area contributed by atoms with Crippen LogP contribution in [0.2, 0.25) is 0 Å². The summed E-state index contributed by atoms with van der Waals surface area (Å²) in [4.78, 5) is 28.7. The Hall–Kier alpha value is -3.10. The summed E-state index contributed by atoms with van der Waals surface area (Å²) in [5.41, 5.74) is 3.23. The van der Waals surface area contributed by atoms with Crippen molar-refractivity contribution in [3.63, 3.8) is 0 Å². The van der Waals surface area contributed by atoms with Crippen molar-refractivity contribution in [1.82, 2.24) is 9.80 Å². The lowest BCUT2D eigenvalue weighted by Gasteiger charge is -2.58. The van der Waals surface area contributed by atoms with Gasteiger partial charge in [-0.3, -0.25) is 9.59 Å². The zero-order valence-corrected chi connectivity index (χ0v) is 17.4. The average molecular weight is 415 g/mol. The predicted octanol–water partition coefficient (Wildman–Crippen LogP) is 2.19. The minimum absolute atomic E-state index is 0.0371. The van der Waals surface area contributed by atoms with Gasteiger partial charge >= 0.3 is 0 Å². The van der Waals surface area contributed by atoms with Gasteiger partial charge in [0.1, 0.15) is 0 Å². The van der Waals surface area contributed by atoms with Crippen molar-refractivity contribution in [1.29, 1.82) is 0 Å². The van der Waals surface area contributed by atoms with E-state index in [0.29, 0.717) is 13.0 Å². The number of carbonyl (C=O) groups excluding carboxylic acids is 2. The Labute approximate surface area is 182 Å². The van der Waals surface area contributed by atoms with Crippen LogP contribution in [0.5, 0.6) is 0 Å². The fraction of sp³-hybridized carbons (Fsp3) is 0.385. The third kappa shape index (κ3) is 3.84. The van der Waals surface area contributed by atoms with Crippen molar-refractivity contribution >= 4 is 11.8 Å². The van der Waals surface area contributed by atoms with Gasteiger partial charge in [0.25, 0.3) is 0 Å². The molecule has 0 unspecified atom stereocenters. The van der Waals surface area contributed by atoms with Gasteiger partial charge in [0.05, 0.1) is 25.2 Å². The van der Waals surface area contributed by atoms with Crippen molar-refractivity contribution in [2.45, 2.75) is 37.3 Å². The summed E-state index contributed by atoms with van der Waals surface area (Å²) in [5, 5.41) is 9.93. The maximum Gasteiger partial charge on any atom is 0.242 e. The number of fused-ring (bicyclic) bond motifs is 1. The van der Waals surface area contributed by atoms with Crippen molar-refractivity contribution in [2.75, 3.05) is 19.7 Å². The van der Waals surface area contributed by atoms with E-state index >= 15 is 0 Å². The number of aliphatic hydroxyl groups excluding tert-OH is 1. The summed E-state index contributed by atoms with van der Waals surface area (Å²) in [7, 11) is 0.